The Morgan fingerprint density at radius 2 is 2.29 bits per heavy atom. The summed E-state index contributed by atoms with van der Waals surface area (Å²) in [5.74, 6) is -0.560. The van der Waals surface area contributed by atoms with Gasteiger partial charge in [0, 0.05) is 17.5 Å². The van der Waals surface area contributed by atoms with Gasteiger partial charge in [0.1, 0.15) is 0 Å². The highest BCUT2D eigenvalue weighted by molar-refractivity contribution is 7.09. The van der Waals surface area contributed by atoms with Gasteiger partial charge < -0.3 is 4.74 Å². The van der Waals surface area contributed by atoms with Gasteiger partial charge in [-0.1, -0.05) is 11.6 Å². The number of nitrogens with zero attached hydrogens (tertiary/aromatic N) is 2. The lowest BCUT2D eigenvalue weighted by Crippen LogP contribution is -2.04. The Morgan fingerprint density at radius 1 is 1.47 bits per heavy atom. The maximum atomic E-state index is 13.3. The molecule has 2 aromatic heterocycles. The molecule has 0 atom stereocenters. The molecule has 17 heavy (non-hydrogen) atoms. The maximum Gasteiger partial charge on any atom is 0.250 e. The smallest absolute Gasteiger partial charge is 0.250 e. The molecule has 0 aromatic carbocycles. The summed E-state index contributed by atoms with van der Waals surface area (Å²) < 4.78 is 18.6. The summed E-state index contributed by atoms with van der Waals surface area (Å²) in [4.78, 5) is 9.04. The Morgan fingerprint density at radius 3 is 2.94 bits per heavy atom. The molecule has 3 nitrogen and oxygen atoms in total. The first-order chi connectivity index (χ1) is 8.16. The third-order valence-electron chi connectivity index (χ3n) is 2.19. The molecule has 0 aliphatic rings. The van der Waals surface area contributed by atoms with Crippen LogP contribution in [-0.4, -0.2) is 16.6 Å². The zero-order chi connectivity index (χ0) is 12.3. The molecule has 0 bridgehead atoms. The molecule has 0 aliphatic carbocycles. The highest BCUT2D eigenvalue weighted by Crippen LogP contribution is 2.18. The number of aromatic nitrogens is 2. The quantitative estimate of drug-likeness (QED) is 0.857. The minimum atomic E-state index is -0.543. The van der Waals surface area contributed by atoms with E-state index < -0.39 is 5.82 Å². The summed E-state index contributed by atoms with van der Waals surface area (Å²) >= 11 is 7.15. The van der Waals surface area contributed by atoms with Gasteiger partial charge in [-0.3, -0.25) is 0 Å². The summed E-state index contributed by atoms with van der Waals surface area (Å²) in [6.45, 7) is 2.31. The first-order valence-electron chi connectivity index (χ1n) is 4.99. The van der Waals surface area contributed by atoms with Crippen LogP contribution in [0.5, 0.6) is 5.88 Å². The van der Waals surface area contributed by atoms with Crippen molar-refractivity contribution in [3.8, 4) is 5.88 Å². The Kier molecular flexibility index (Phi) is 3.91. The van der Waals surface area contributed by atoms with E-state index in [4.69, 9.17) is 16.3 Å². The topological polar surface area (TPSA) is 35.0 Å². The van der Waals surface area contributed by atoms with Gasteiger partial charge in [-0.05, 0) is 13.0 Å². The SMILES string of the molecule is Cc1ncsc1CCOc1ncc(Cl)cc1F. The number of thiazole rings is 1. The van der Waals surface area contributed by atoms with Crippen molar-refractivity contribution in [3.05, 3.63) is 39.2 Å². The molecule has 2 heterocycles. The highest BCUT2D eigenvalue weighted by Gasteiger charge is 2.07. The van der Waals surface area contributed by atoms with E-state index in [1.165, 1.54) is 12.3 Å². The lowest BCUT2D eigenvalue weighted by Gasteiger charge is -2.05. The number of hydrogen-bond acceptors (Lipinski definition) is 4. The van der Waals surface area contributed by atoms with Gasteiger partial charge in [0.2, 0.25) is 5.88 Å². The van der Waals surface area contributed by atoms with Gasteiger partial charge in [-0.2, -0.15) is 0 Å². The first kappa shape index (κ1) is 12.3. The third kappa shape index (κ3) is 3.14. The minimum Gasteiger partial charge on any atom is -0.475 e. The van der Waals surface area contributed by atoms with E-state index in [-0.39, 0.29) is 10.9 Å². The van der Waals surface area contributed by atoms with Crippen LogP contribution in [0.1, 0.15) is 10.6 Å². The summed E-state index contributed by atoms with van der Waals surface area (Å²) in [5, 5.41) is 0.258. The van der Waals surface area contributed by atoms with Crippen molar-refractivity contribution in [3.63, 3.8) is 0 Å². The van der Waals surface area contributed by atoms with Crippen molar-refractivity contribution in [1.82, 2.24) is 9.97 Å². The molecule has 0 radical (unpaired) electrons. The fourth-order valence-electron chi connectivity index (χ4n) is 1.31. The molecular weight excluding hydrogens is 263 g/mol. The molecule has 2 aromatic rings. The van der Waals surface area contributed by atoms with Crippen LogP contribution in [0.3, 0.4) is 0 Å². The van der Waals surface area contributed by atoms with Crippen LogP contribution in [0.4, 0.5) is 4.39 Å². The number of rotatable bonds is 4. The predicted octanol–water partition coefficient (Wildman–Crippen LogP) is 3.26. The molecule has 0 amide bonds. The van der Waals surface area contributed by atoms with Crippen molar-refractivity contribution in [2.75, 3.05) is 6.61 Å². The zero-order valence-corrected chi connectivity index (χ0v) is 10.7. The molecule has 0 saturated carbocycles. The second kappa shape index (κ2) is 5.42. The molecule has 0 unspecified atom stereocenters. The monoisotopic (exact) mass is 272 g/mol. The van der Waals surface area contributed by atoms with Crippen molar-refractivity contribution < 1.29 is 9.13 Å². The van der Waals surface area contributed by atoms with E-state index in [0.29, 0.717) is 13.0 Å². The van der Waals surface area contributed by atoms with Gasteiger partial charge in [-0.15, -0.1) is 11.3 Å². The Hall–Kier alpha value is -1.20. The van der Waals surface area contributed by atoms with Crippen LogP contribution in [0, 0.1) is 12.7 Å². The molecule has 0 saturated heterocycles. The van der Waals surface area contributed by atoms with Crippen LogP contribution in [0.15, 0.2) is 17.8 Å². The molecule has 90 valence electrons. The van der Waals surface area contributed by atoms with Crippen LogP contribution >= 0.6 is 22.9 Å². The molecule has 0 fully saturated rings. The van der Waals surface area contributed by atoms with E-state index in [9.17, 15) is 4.39 Å². The number of hydrogen-bond donors (Lipinski definition) is 0. The van der Waals surface area contributed by atoms with Crippen LogP contribution in [0.2, 0.25) is 5.02 Å². The number of ether oxygens (including phenoxy) is 1. The Balaban J connectivity index is 1.92. The molecule has 0 aliphatic heterocycles. The lowest BCUT2D eigenvalue weighted by atomic mass is 10.3. The fraction of sp³-hybridized carbons (Fsp3) is 0.273. The molecule has 6 heteroatoms. The Bertz CT molecular complexity index is 518. The van der Waals surface area contributed by atoms with Crippen molar-refractivity contribution in [2.24, 2.45) is 0 Å². The van der Waals surface area contributed by atoms with Crippen LogP contribution in [0.25, 0.3) is 0 Å². The second-order valence-electron chi connectivity index (χ2n) is 3.40. The summed E-state index contributed by atoms with van der Waals surface area (Å²) in [5.41, 5.74) is 2.77. The van der Waals surface area contributed by atoms with Gasteiger partial charge in [-0.25, -0.2) is 14.4 Å². The van der Waals surface area contributed by atoms with E-state index in [1.807, 2.05) is 6.92 Å². The average molecular weight is 273 g/mol. The van der Waals surface area contributed by atoms with E-state index in [0.717, 1.165) is 10.6 Å². The van der Waals surface area contributed by atoms with E-state index in [1.54, 1.807) is 16.8 Å². The van der Waals surface area contributed by atoms with Gasteiger partial charge in [0.15, 0.2) is 5.82 Å². The van der Waals surface area contributed by atoms with Crippen LogP contribution in [-0.2, 0) is 6.42 Å². The maximum absolute atomic E-state index is 13.3. The van der Waals surface area contributed by atoms with Gasteiger partial charge >= 0.3 is 0 Å². The van der Waals surface area contributed by atoms with E-state index >= 15 is 0 Å². The van der Waals surface area contributed by atoms with E-state index in [2.05, 4.69) is 9.97 Å². The highest BCUT2D eigenvalue weighted by atomic mass is 35.5. The van der Waals surface area contributed by atoms with Crippen molar-refractivity contribution >= 4 is 22.9 Å². The lowest BCUT2D eigenvalue weighted by molar-refractivity contribution is 0.292. The van der Waals surface area contributed by atoms with Gasteiger partial charge in [0.25, 0.3) is 0 Å². The predicted molar refractivity (Wildman–Crippen MR) is 65.3 cm³/mol. The average Bonchev–Trinajstić information content (AvgIpc) is 2.68. The third-order valence-corrected chi connectivity index (χ3v) is 3.39. The van der Waals surface area contributed by atoms with Crippen molar-refractivity contribution in [1.29, 1.82) is 0 Å². The molecule has 0 spiro atoms. The summed E-state index contributed by atoms with van der Waals surface area (Å²) in [7, 11) is 0. The van der Waals surface area contributed by atoms with Gasteiger partial charge in [0.05, 0.1) is 22.8 Å². The first-order valence-corrected chi connectivity index (χ1v) is 6.25. The summed E-state index contributed by atoms with van der Waals surface area (Å²) in [6, 6.07) is 1.18. The number of pyridine rings is 1. The molecular formula is C11H10ClFN2OS. The second-order valence-corrected chi connectivity index (χ2v) is 4.78. The Labute approximate surface area is 107 Å². The largest absolute Gasteiger partial charge is 0.475 e. The van der Waals surface area contributed by atoms with Crippen LogP contribution < -0.4 is 4.74 Å². The molecule has 2 rings (SSSR count). The zero-order valence-electron chi connectivity index (χ0n) is 9.11. The number of aryl methyl sites for hydroxylation is 1. The normalized spacial score (nSPS) is 10.5. The summed E-state index contributed by atoms with van der Waals surface area (Å²) in [6.07, 6.45) is 2.05. The van der Waals surface area contributed by atoms with Crippen molar-refractivity contribution in [2.45, 2.75) is 13.3 Å². The standard InChI is InChI=1S/C11H10ClFN2OS/c1-7-10(17-6-15-7)2-3-16-11-9(13)4-8(12)5-14-11/h4-6H,2-3H2,1H3. The fourth-order valence-corrected chi connectivity index (χ4v) is 2.22. The minimum absolute atomic E-state index is 0.0171. The molecule has 0 N–H and O–H groups in total. The number of halogens is 2.